The fourth-order valence-corrected chi connectivity index (χ4v) is 3.00. The number of H-pyrrole nitrogens is 1. The Hall–Kier alpha value is -3.67. The van der Waals surface area contributed by atoms with E-state index in [9.17, 15) is 4.79 Å². The van der Waals surface area contributed by atoms with Crippen molar-refractivity contribution in [2.75, 3.05) is 0 Å². The molecule has 0 unspecified atom stereocenters. The van der Waals surface area contributed by atoms with Gasteiger partial charge in [-0.1, -0.05) is 30.3 Å². The second-order valence-corrected chi connectivity index (χ2v) is 6.17. The van der Waals surface area contributed by atoms with Crippen molar-refractivity contribution < 1.29 is 8.83 Å². The number of rotatable bonds is 2. The fourth-order valence-electron chi connectivity index (χ4n) is 3.00. The third-order valence-electron chi connectivity index (χ3n) is 4.31. The lowest BCUT2D eigenvalue weighted by atomic mass is 10.1. The Balaban J connectivity index is 1.61. The maximum atomic E-state index is 12.3. The summed E-state index contributed by atoms with van der Waals surface area (Å²) in [5, 5.41) is 9.93. The molecule has 0 saturated carbocycles. The highest BCUT2D eigenvalue weighted by molar-refractivity contribution is 5.84. The monoisotopic (exact) mass is 343 g/mol. The minimum Gasteiger partial charge on any atom is -0.422 e. The van der Waals surface area contributed by atoms with E-state index in [1.54, 1.807) is 6.07 Å². The van der Waals surface area contributed by atoms with E-state index in [0.717, 1.165) is 21.9 Å². The zero-order valence-electron chi connectivity index (χ0n) is 13.8. The van der Waals surface area contributed by atoms with Gasteiger partial charge in [-0.05, 0) is 36.8 Å². The van der Waals surface area contributed by atoms with Crippen LogP contribution in [-0.2, 0) is 0 Å². The molecule has 0 radical (unpaired) electrons. The van der Waals surface area contributed by atoms with E-state index in [0.29, 0.717) is 17.2 Å². The first kappa shape index (κ1) is 14.7. The summed E-state index contributed by atoms with van der Waals surface area (Å²) in [5.74, 6) is 0.453. The summed E-state index contributed by atoms with van der Waals surface area (Å²) in [6, 6.07) is 17.2. The second kappa shape index (κ2) is 5.42. The molecule has 5 rings (SSSR count). The van der Waals surface area contributed by atoms with Crippen molar-refractivity contribution in [3.05, 3.63) is 70.6 Å². The molecule has 0 atom stereocenters. The lowest BCUT2D eigenvalue weighted by molar-refractivity contribution is 0.546. The Morgan fingerprint density at radius 1 is 0.885 bits per heavy atom. The molecule has 0 aliphatic rings. The fraction of sp³-hybridized carbons (Fsp3) is 0.0500. The van der Waals surface area contributed by atoms with Crippen molar-refractivity contribution in [2.24, 2.45) is 0 Å². The van der Waals surface area contributed by atoms with Gasteiger partial charge in [-0.2, -0.15) is 0 Å². The molecule has 3 aromatic heterocycles. The normalized spacial score (nSPS) is 11.4. The van der Waals surface area contributed by atoms with Gasteiger partial charge in [0, 0.05) is 16.3 Å². The van der Waals surface area contributed by atoms with Crippen molar-refractivity contribution in [1.29, 1.82) is 0 Å². The molecule has 0 aliphatic heterocycles. The molecule has 0 saturated heterocycles. The van der Waals surface area contributed by atoms with E-state index in [4.69, 9.17) is 8.83 Å². The first-order valence-electron chi connectivity index (χ1n) is 8.14. The maximum Gasteiger partial charge on any atom is 0.349 e. The second-order valence-electron chi connectivity index (χ2n) is 6.17. The van der Waals surface area contributed by atoms with Gasteiger partial charge in [0.1, 0.15) is 16.8 Å². The molecule has 0 aliphatic carbocycles. The molecule has 0 bridgehead atoms. The van der Waals surface area contributed by atoms with Crippen LogP contribution in [0.4, 0.5) is 0 Å². The number of hydrogen-bond donors (Lipinski definition) is 1. The topological polar surface area (TPSA) is 84.9 Å². The van der Waals surface area contributed by atoms with Gasteiger partial charge in [-0.3, -0.25) is 0 Å². The molecular formula is C20H13N3O3. The summed E-state index contributed by atoms with van der Waals surface area (Å²) in [6.07, 6.45) is 0. The summed E-state index contributed by atoms with van der Waals surface area (Å²) in [6.45, 7) is 1.94. The van der Waals surface area contributed by atoms with Gasteiger partial charge < -0.3 is 13.8 Å². The van der Waals surface area contributed by atoms with E-state index in [-0.39, 0.29) is 11.5 Å². The van der Waals surface area contributed by atoms with Crippen LogP contribution < -0.4 is 5.63 Å². The zero-order chi connectivity index (χ0) is 17.7. The van der Waals surface area contributed by atoms with Crippen LogP contribution in [0.15, 0.2) is 68.2 Å². The van der Waals surface area contributed by atoms with Crippen molar-refractivity contribution in [1.82, 2.24) is 15.2 Å². The number of benzene rings is 2. The predicted molar refractivity (Wildman–Crippen MR) is 97.8 cm³/mol. The van der Waals surface area contributed by atoms with E-state index >= 15 is 0 Å². The van der Waals surface area contributed by atoms with Gasteiger partial charge in [-0.15, -0.1) is 10.2 Å². The Kier molecular flexibility index (Phi) is 3.05. The molecule has 0 fully saturated rings. The maximum absolute atomic E-state index is 12.3. The highest BCUT2D eigenvalue weighted by atomic mass is 16.4. The number of aromatic amines is 1. The van der Waals surface area contributed by atoms with Crippen LogP contribution in [0.3, 0.4) is 0 Å². The summed E-state index contributed by atoms with van der Waals surface area (Å²) < 4.78 is 11.1. The van der Waals surface area contributed by atoms with Crippen LogP contribution in [0.5, 0.6) is 0 Å². The standard InChI is InChI=1S/C20H13N3O3/c1-11-6-7-13-9-14(20(24)25-17(13)8-11)18-22-23-19(26-18)16-10-12-4-2-3-5-15(12)21-16/h2-10,21H,1H3. The predicted octanol–water partition coefficient (Wildman–Crippen LogP) is 4.30. The lowest BCUT2D eigenvalue weighted by Gasteiger charge is -1.99. The number of aryl methyl sites for hydroxylation is 1. The SMILES string of the molecule is Cc1ccc2cc(-c3nnc(-c4cc5ccccc5[nH]4)o3)c(=O)oc2c1. The van der Waals surface area contributed by atoms with Crippen molar-refractivity contribution in [3.63, 3.8) is 0 Å². The van der Waals surface area contributed by atoms with Gasteiger partial charge in [-0.25, -0.2) is 4.79 Å². The Bertz CT molecular complexity index is 1290. The molecular weight excluding hydrogens is 330 g/mol. The molecule has 126 valence electrons. The molecule has 0 spiro atoms. The zero-order valence-corrected chi connectivity index (χ0v) is 13.8. The summed E-state index contributed by atoms with van der Waals surface area (Å²) >= 11 is 0. The number of hydrogen-bond acceptors (Lipinski definition) is 5. The third kappa shape index (κ3) is 2.31. The smallest absolute Gasteiger partial charge is 0.349 e. The number of nitrogens with one attached hydrogen (secondary N) is 1. The first-order chi connectivity index (χ1) is 12.7. The van der Waals surface area contributed by atoms with Crippen LogP contribution in [-0.4, -0.2) is 15.2 Å². The molecule has 5 aromatic rings. The van der Waals surface area contributed by atoms with Gasteiger partial charge in [0.2, 0.25) is 0 Å². The minimum atomic E-state index is -0.505. The highest BCUT2D eigenvalue weighted by Gasteiger charge is 2.17. The average Bonchev–Trinajstić information content (AvgIpc) is 3.27. The summed E-state index contributed by atoms with van der Waals surface area (Å²) in [7, 11) is 0. The van der Waals surface area contributed by atoms with Gasteiger partial charge >= 0.3 is 5.63 Å². The van der Waals surface area contributed by atoms with E-state index in [1.807, 2.05) is 55.5 Å². The van der Waals surface area contributed by atoms with Crippen molar-refractivity contribution >= 4 is 21.9 Å². The van der Waals surface area contributed by atoms with Crippen LogP contribution in [0.2, 0.25) is 0 Å². The van der Waals surface area contributed by atoms with E-state index < -0.39 is 5.63 Å². The molecule has 26 heavy (non-hydrogen) atoms. The quantitative estimate of drug-likeness (QED) is 0.483. The van der Waals surface area contributed by atoms with E-state index in [2.05, 4.69) is 15.2 Å². The van der Waals surface area contributed by atoms with Crippen molar-refractivity contribution in [2.45, 2.75) is 6.92 Å². The Labute approximate surface area is 147 Å². The molecule has 6 nitrogen and oxygen atoms in total. The summed E-state index contributed by atoms with van der Waals surface area (Å²) in [4.78, 5) is 15.6. The number of para-hydroxylation sites is 1. The van der Waals surface area contributed by atoms with Crippen LogP contribution in [0.1, 0.15) is 5.56 Å². The molecule has 3 heterocycles. The number of aromatic nitrogens is 3. The largest absolute Gasteiger partial charge is 0.422 e. The molecule has 6 heteroatoms. The van der Waals surface area contributed by atoms with E-state index in [1.165, 1.54) is 0 Å². The van der Waals surface area contributed by atoms with Crippen LogP contribution in [0, 0.1) is 6.92 Å². The number of nitrogens with zero attached hydrogens (tertiary/aromatic N) is 2. The molecule has 1 N–H and O–H groups in total. The Morgan fingerprint density at radius 3 is 2.62 bits per heavy atom. The summed E-state index contributed by atoms with van der Waals surface area (Å²) in [5.41, 5.74) is 2.97. The van der Waals surface area contributed by atoms with Gasteiger partial charge in [0.05, 0.1) is 0 Å². The van der Waals surface area contributed by atoms with Crippen LogP contribution in [0.25, 0.3) is 44.9 Å². The molecule has 0 amide bonds. The van der Waals surface area contributed by atoms with Gasteiger partial charge in [0.25, 0.3) is 11.8 Å². The Morgan fingerprint density at radius 2 is 1.73 bits per heavy atom. The van der Waals surface area contributed by atoms with Gasteiger partial charge in [0.15, 0.2) is 0 Å². The third-order valence-corrected chi connectivity index (χ3v) is 4.31. The first-order valence-corrected chi connectivity index (χ1v) is 8.14. The average molecular weight is 343 g/mol. The minimum absolute atomic E-state index is 0.134. The molecule has 2 aromatic carbocycles. The van der Waals surface area contributed by atoms with Crippen molar-refractivity contribution in [3.8, 4) is 23.0 Å². The highest BCUT2D eigenvalue weighted by Crippen LogP contribution is 2.26. The number of fused-ring (bicyclic) bond motifs is 2. The lowest BCUT2D eigenvalue weighted by Crippen LogP contribution is -2.02. The van der Waals surface area contributed by atoms with Crippen LogP contribution >= 0.6 is 0 Å².